The van der Waals surface area contributed by atoms with E-state index in [1.54, 1.807) is 6.92 Å². The lowest BCUT2D eigenvalue weighted by Crippen LogP contribution is -2.29. The van der Waals surface area contributed by atoms with Crippen molar-refractivity contribution in [1.29, 1.82) is 0 Å². The summed E-state index contributed by atoms with van der Waals surface area (Å²) in [5.74, 6) is 0. The SMILES string of the molecule is Cc1cc(S(=O)(=O)N2CCC(O)C2)cc(N)c1Cl. The molecule has 1 unspecified atom stereocenters. The van der Waals surface area contributed by atoms with E-state index < -0.39 is 16.1 Å². The smallest absolute Gasteiger partial charge is 0.243 e. The van der Waals surface area contributed by atoms with Gasteiger partial charge in [-0.15, -0.1) is 0 Å². The fraction of sp³-hybridized carbons (Fsp3) is 0.455. The molecule has 0 aromatic heterocycles. The normalized spacial score (nSPS) is 21.4. The summed E-state index contributed by atoms with van der Waals surface area (Å²) in [6.07, 6.45) is -0.133. The van der Waals surface area contributed by atoms with Gasteiger partial charge in [0.25, 0.3) is 0 Å². The van der Waals surface area contributed by atoms with Gasteiger partial charge in [0.15, 0.2) is 0 Å². The summed E-state index contributed by atoms with van der Waals surface area (Å²) < 4.78 is 25.9. The summed E-state index contributed by atoms with van der Waals surface area (Å²) >= 11 is 5.91. The molecule has 0 spiro atoms. The average molecular weight is 291 g/mol. The molecule has 0 radical (unpaired) electrons. The van der Waals surface area contributed by atoms with Crippen LogP contribution in [-0.4, -0.2) is 37.0 Å². The maximum atomic E-state index is 12.3. The van der Waals surface area contributed by atoms with Crippen molar-refractivity contribution in [2.45, 2.75) is 24.3 Å². The molecule has 5 nitrogen and oxygen atoms in total. The molecule has 18 heavy (non-hydrogen) atoms. The Morgan fingerprint density at radius 2 is 2.17 bits per heavy atom. The maximum absolute atomic E-state index is 12.3. The van der Waals surface area contributed by atoms with Crippen LogP contribution in [0.5, 0.6) is 0 Å². The van der Waals surface area contributed by atoms with Crippen LogP contribution >= 0.6 is 11.6 Å². The lowest BCUT2D eigenvalue weighted by Gasteiger charge is -2.17. The first-order valence-corrected chi connectivity index (χ1v) is 7.38. The summed E-state index contributed by atoms with van der Waals surface area (Å²) in [7, 11) is -3.60. The average Bonchev–Trinajstić information content (AvgIpc) is 2.72. The first-order chi connectivity index (χ1) is 8.32. The van der Waals surface area contributed by atoms with Gasteiger partial charge in [-0.1, -0.05) is 11.6 Å². The van der Waals surface area contributed by atoms with Crippen LogP contribution in [0, 0.1) is 6.92 Å². The number of anilines is 1. The molecule has 2 rings (SSSR count). The predicted molar refractivity (Wildman–Crippen MR) is 70.0 cm³/mol. The largest absolute Gasteiger partial charge is 0.397 e. The highest BCUT2D eigenvalue weighted by Crippen LogP contribution is 2.29. The zero-order chi connectivity index (χ0) is 13.5. The van der Waals surface area contributed by atoms with Crippen molar-refractivity contribution >= 4 is 27.3 Å². The number of aryl methyl sites for hydroxylation is 1. The molecule has 1 aliphatic rings. The molecule has 0 bridgehead atoms. The molecule has 0 amide bonds. The molecule has 100 valence electrons. The molecule has 7 heteroatoms. The molecule has 3 N–H and O–H groups in total. The van der Waals surface area contributed by atoms with E-state index in [4.69, 9.17) is 17.3 Å². The quantitative estimate of drug-likeness (QED) is 0.796. The van der Waals surface area contributed by atoms with Gasteiger partial charge in [0.1, 0.15) is 0 Å². The molecule has 1 saturated heterocycles. The molecule has 1 fully saturated rings. The lowest BCUT2D eigenvalue weighted by atomic mass is 10.2. The van der Waals surface area contributed by atoms with E-state index in [0.29, 0.717) is 23.6 Å². The number of benzene rings is 1. The second kappa shape index (κ2) is 4.70. The Labute approximate surface area is 111 Å². The van der Waals surface area contributed by atoms with E-state index in [1.807, 2.05) is 0 Å². The van der Waals surface area contributed by atoms with E-state index in [9.17, 15) is 13.5 Å². The number of sulfonamides is 1. The first-order valence-electron chi connectivity index (χ1n) is 5.56. The highest BCUT2D eigenvalue weighted by molar-refractivity contribution is 7.89. The Hall–Kier alpha value is -0.820. The van der Waals surface area contributed by atoms with Crippen molar-refractivity contribution in [2.75, 3.05) is 18.8 Å². The number of nitrogens with zero attached hydrogens (tertiary/aromatic N) is 1. The number of aliphatic hydroxyl groups is 1. The van der Waals surface area contributed by atoms with E-state index in [0.717, 1.165) is 0 Å². The first kappa shape index (κ1) is 13.6. The van der Waals surface area contributed by atoms with Crippen LogP contribution in [0.15, 0.2) is 17.0 Å². The van der Waals surface area contributed by atoms with Gasteiger partial charge < -0.3 is 10.8 Å². The summed E-state index contributed by atoms with van der Waals surface area (Å²) in [6.45, 7) is 2.16. The van der Waals surface area contributed by atoms with Gasteiger partial charge >= 0.3 is 0 Å². The van der Waals surface area contributed by atoms with Crippen LogP contribution in [0.1, 0.15) is 12.0 Å². The fourth-order valence-electron chi connectivity index (χ4n) is 1.99. The van der Waals surface area contributed by atoms with Crippen molar-refractivity contribution in [1.82, 2.24) is 4.31 Å². The minimum atomic E-state index is -3.60. The second-order valence-corrected chi connectivity index (χ2v) is 6.76. The van der Waals surface area contributed by atoms with Crippen molar-refractivity contribution in [2.24, 2.45) is 0 Å². The van der Waals surface area contributed by atoms with E-state index in [-0.39, 0.29) is 17.1 Å². The van der Waals surface area contributed by atoms with E-state index >= 15 is 0 Å². The van der Waals surface area contributed by atoms with Crippen molar-refractivity contribution in [3.05, 3.63) is 22.7 Å². The van der Waals surface area contributed by atoms with Crippen LogP contribution in [0.25, 0.3) is 0 Å². The number of nitrogens with two attached hydrogens (primary N) is 1. The number of rotatable bonds is 2. The molecule has 1 aromatic carbocycles. The minimum Gasteiger partial charge on any atom is -0.397 e. The van der Waals surface area contributed by atoms with Crippen molar-refractivity contribution < 1.29 is 13.5 Å². The molecule has 1 heterocycles. The summed E-state index contributed by atoms with van der Waals surface area (Å²) in [6, 6.07) is 2.86. The topological polar surface area (TPSA) is 83.6 Å². The zero-order valence-electron chi connectivity index (χ0n) is 9.93. The number of hydrogen-bond donors (Lipinski definition) is 2. The van der Waals surface area contributed by atoms with Gasteiger partial charge in [-0.3, -0.25) is 0 Å². The molecule has 1 aromatic rings. The molecule has 1 aliphatic heterocycles. The predicted octanol–water partition coefficient (Wildman–Crippen LogP) is 0.986. The lowest BCUT2D eigenvalue weighted by molar-refractivity contribution is 0.189. The number of β-amino-alcohol motifs (C(OH)–C–C–N with tert-alkyl or cyclic N) is 1. The third kappa shape index (κ3) is 2.33. The third-order valence-corrected chi connectivity index (χ3v) is 5.38. The van der Waals surface area contributed by atoms with Gasteiger partial charge in [-0.2, -0.15) is 4.31 Å². The van der Waals surface area contributed by atoms with Crippen LogP contribution in [0.2, 0.25) is 5.02 Å². The molecule has 1 atom stereocenters. The van der Waals surface area contributed by atoms with Crippen LogP contribution < -0.4 is 5.73 Å². The van der Waals surface area contributed by atoms with Gasteiger partial charge in [-0.25, -0.2) is 8.42 Å². The highest BCUT2D eigenvalue weighted by Gasteiger charge is 2.32. The fourth-order valence-corrected chi connectivity index (χ4v) is 3.71. The third-order valence-electron chi connectivity index (χ3n) is 3.02. The van der Waals surface area contributed by atoms with E-state index in [2.05, 4.69) is 0 Å². The molecular formula is C11H15ClN2O3S. The van der Waals surface area contributed by atoms with Crippen LogP contribution in [0.3, 0.4) is 0 Å². The second-order valence-electron chi connectivity index (χ2n) is 4.45. The number of hydrogen-bond acceptors (Lipinski definition) is 4. The Balaban J connectivity index is 2.42. The number of aliphatic hydroxyl groups excluding tert-OH is 1. The van der Waals surface area contributed by atoms with Gasteiger partial charge in [0, 0.05) is 13.1 Å². The van der Waals surface area contributed by atoms with Gasteiger partial charge in [0.2, 0.25) is 10.0 Å². The highest BCUT2D eigenvalue weighted by atomic mass is 35.5. The van der Waals surface area contributed by atoms with Crippen molar-refractivity contribution in [3.8, 4) is 0 Å². The Morgan fingerprint density at radius 3 is 2.67 bits per heavy atom. The molecular weight excluding hydrogens is 276 g/mol. The van der Waals surface area contributed by atoms with Crippen molar-refractivity contribution in [3.63, 3.8) is 0 Å². The Kier molecular flexibility index (Phi) is 3.55. The minimum absolute atomic E-state index is 0.121. The van der Waals surface area contributed by atoms with E-state index in [1.165, 1.54) is 16.4 Å². The standard InChI is InChI=1S/C11H15ClN2O3S/c1-7-4-9(5-10(13)11(7)12)18(16,17)14-3-2-8(15)6-14/h4-5,8,15H,2-3,6,13H2,1H3. The summed E-state index contributed by atoms with van der Waals surface area (Å²) in [4.78, 5) is 0.121. The van der Waals surface area contributed by atoms with Crippen LogP contribution in [-0.2, 0) is 10.0 Å². The van der Waals surface area contributed by atoms with Crippen LogP contribution in [0.4, 0.5) is 5.69 Å². The van der Waals surface area contributed by atoms with Gasteiger partial charge in [0.05, 0.1) is 21.7 Å². The number of nitrogen functional groups attached to an aromatic ring is 1. The Bertz CT molecular complexity index is 551. The van der Waals surface area contributed by atoms with Gasteiger partial charge in [-0.05, 0) is 31.0 Å². The monoisotopic (exact) mass is 290 g/mol. The summed E-state index contributed by atoms with van der Waals surface area (Å²) in [5, 5.41) is 9.78. The molecule has 0 saturated carbocycles. The maximum Gasteiger partial charge on any atom is 0.243 e. The number of halogens is 1. The zero-order valence-corrected chi connectivity index (χ0v) is 11.5. The molecule has 0 aliphatic carbocycles. The Morgan fingerprint density at radius 1 is 1.50 bits per heavy atom. The summed E-state index contributed by atoms with van der Waals surface area (Å²) in [5.41, 5.74) is 6.55.